The molecule has 0 amide bonds. The van der Waals surface area contributed by atoms with Crippen LogP contribution in [0.3, 0.4) is 0 Å². The number of benzene rings is 1. The van der Waals surface area contributed by atoms with E-state index < -0.39 is 10.0 Å². The molecule has 2 fully saturated rings. The van der Waals surface area contributed by atoms with Gasteiger partial charge in [0.25, 0.3) is 0 Å². The fraction of sp³-hybridized carbons (Fsp3) is 0.667. The van der Waals surface area contributed by atoms with Crippen LogP contribution in [-0.4, -0.2) is 76.3 Å². The molecule has 0 aliphatic carbocycles. The summed E-state index contributed by atoms with van der Waals surface area (Å²) in [5.41, 5.74) is 1.06. The molecule has 140 valence electrons. The summed E-state index contributed by atoms with van der Waals surface area (Å²) in [4.78, 5) is 2.66. The fourth-order valence-corrected chi connectivity index (χ4v) is 5.06. The van der Waals surface area contributed by atoms with Crippen LogP contribution in [0.5, 0.6) is 0 Å². The van der Waals surface area contributed by atoms with Crippen molar-refractivity contribution in [3.8, 4) is 0 Å². The van der Waals surface area contributed by atoms with Gasteiger partial charge in [-0.1, -0.05) is 17.7 Å². The molecule has 2 aliphatic rings. The smallest absolute Gasteiger partial charge is 0.243 e. The minimum Gasteiger partial charge on any atom is -0.381 e. The fourth-order valence-electron chi connectivity index (χ4n) is 3.38. The molecule has 0 bridgehead atoms. The normalized spacial score (nSPS) is 20.9. The Kier molecular flexibility index (Phi) is 6.46. The third-order valence-corrected chi connectivity index (χ3v) is 6.93. The lowest BCUT2D eigenvalue weighted by atomic mass is 10.1. The second-order valence-corrected chi connectivity index (χ2v) is 8.62. The zero-order chi connectivity index (χ0) is 17.7. The van der Waals surface area contributed by atoms with Crippen molar-refractivity contribution in [2.75, 3.05) is 52.6 Å². The van der Waals surface area contributed by atoms with Crippen LogP contribution in [-0.2, 0) is 19.5 Å². The van der Waals surface area contributed by atoms with Gasteiger partial charge in [0.1, 0.15) is 0 Å². The van der Waals surface area contributed by atoms with Gasteiger partial charge in [0.2, 0.25) is 10.0 Å². The van der Waals surface area contributed by atoms with Gasteiger partial charge in [-0.15, -0.1) is 0 Å². The summed E-state index contributed by atoms with van der Waals surface area (Å²) >= 11 is 0. The first kappa shape index (κ1) is 18.8. The van der Waals surface area contributed by atoms with Gasteiger partial charge in [0.15, 0.2) is 0 Å². The highest BCUT2D eigenvalue weighted by Gasteiger charge is 2.32. The molecule has 0 aromatic heterocycles. The van der Waals surface area contributed by atoms with E-state index in [0.717, 1.165) is 51.3 Å². The van der Waals surface area contributed by atoms with Gasteiger partial charge in [0, 0.05) is 45.4 Å². The lowest BCUT2D eigenvalue weighted by Gasteiger charge is -2.35. The molecule has 0 saturated carbocycles. The van der Waals surface area contributed by atoms with Crippen molar-refractivity contribution in [3.05, 3.63) is 29.8 Å². The summed E-state index contributed by atoms with van der Waals surface area (Å²) in [6.45, 7) is 7.66. The molecule has 2 heterocycles. The van der Waals surface area contributed by atoms with E-state index in [1.165, 1.54) is 0 Å². The lowest BCUT2D eigenvalue weighted by Crippen LogP contribution is -2.48. The predicted molar refractivity (Wildman–Crippen MR) is 96.2 cm³/mol. The van der Waals surface area contributed by atoms with Crippen LogP contribution < -0.4 is 0 Å². The summed E-state index contributed by atoms with van der Waals surface area (Å²) in [5, 5.41) is 0. The predicted octanol–water partition coefficient (Wildman–Crippen LogP) is 1.50. The van der Waals surface area contributed by atoms with Gasteiger partial charge in [-0.3, -0.25) is 4.90 Å². The molecule has 3 rings (SSSR count). The van der Waals surface area contributed by atoms with Crippen molar-refractivity contribution in [2.45, 2.75) is 30.7 Å². The highest BCUT2D eigenvalue weighted by molar-refractivity contribution is 7.89. The number of morpholine rings is 1. The monoisotopic (exact) mass is 368 g/mol. The number of rotatable bonds is 6. The van der Waals surface area contributed by atoms with Crippen LogP contribution in [0.15, 0.2) is 29.2 Å². The Bertz CT molecular complexity index is 636. The number of hydrogen-bond donors (Lipinski definition) is 0. The quantitative estimate of drug-likeness (QED) is 0.762. The van der Waals surface area contributed by atoms with E-state index in [2.05, 4.69) is 4.90 Å². The molecule has 1 aromatic carbocycles. The molecular weight excluding hydrogens is 340 g/mol. The summed E-state index contributed by atoms with van der Waals surface area (Å²) < 4.78 is 39.0. The maximum Gasteiger partial charge on any atom is 0.243 e. The van der Waals surface area contributed by atoms with E-state index in [-0.39, 0.29) is 6.04 Å². The van der Waals surface area contributed by atoms with Crippen LogP contribution in [0.2, 0.25) is 0 Å². The SMILES string of the molecule is Cc1ccc(S(=O)(=O)N(CCN2CCOCC2)C2CCOCC2)cc1. The molecule has 7 heteroatoms. The summed E-state index contributed by atoms with van der Waals surface area (Å²) in [6.07, 6.45) is 1.52. The zero-order valence-corrected chi connectivity index (χ0v) is 15.7. The van der Waals surface area contributed by atoms with E-state index in [0.29, 0.717) is 24.7 Å². The highest BCUT2D eigenvalue weighted by atomic mass is 32.2. The number of sulfonamides is 1. The van der Waals surface area contributed by atoms with Gasteiger partial charge < -0.3 is 9.47 Å². The van der Waals surface area contributed by atoms with Crippen molar-refractivity contribution >= 4 is 10.0 Å². The van der Waals surface area contributed by atoms with E-state index in [4.69, 9.17) is 9.47 Å². The van der Waals surface area contributed by atoms with E-state index in [1.807, 2.05) is 19.1 Å². The first-order chi connectivity index (χ1) is 12.1. The average molecular weight is 368 g/mol. The van der Waals surface area contributed by atoms with E-state index in [1.54, 1.807) is 16.4 Å². The molecule has 0 spiro atoms. The summed E-state index contributed by atoms with van der Waals surface area (Å²) in [7, 11) is -3.50. The van der Waals surface area contributed by atoms with Gasteiger partial charge in [-0.2, -0.15) is 4.31 Å². The molecule has 6 nitrogen and oxygen atoms in total. The first-order valence-electron chi connectivity index (χ1n) is 9.04. The van der Waals surface area contributed by atoms with Crippen LogP contribution in [0, 0.1) is 6.92 Å². The molecule has 0 N–H and O–H groups in total. The second kappa shape index (κ2) is 8.60. The average Bonchev–Trinajstić information content (AvgIpc) is 2.64. The van der Waals surface area contributed by atoms with Gasteiger partial charge in [0.05, 0.1) is 18.1 Å². The topological polar surface area (TPSA) is 59.1 Å². The maximum absolute atomic E-state index is 13.3. The van der Waals surface area contributed by atoms with Crippen molar-refractivity contribution in [1.29, 1.82) is 0 Å². The molecule has 0 radical (unpaired) electrons. The molecule has 0 atom stereocenters. The number of hydrogen-bond acceptors (Lipinski definition) is 5. The van der Waals surface area contributed by atoms with Gasteiger partial charge in [-0.25, -0.2) is 8.42 Å². The summed E-state index contributed by atoms with van der Waals surface area (Å²) in [6, 6.07) is 7.16. The molecule has 2 aliphatic heterocycles. The van der Waals surface area contributed by atoms with E-state index in [9.17, 15) is 8.42 Å². The van der Waals surface area contributed by atoms with Crippen LogP contribution in [0.4, 0.5) is 0 Å². The van der Waals surface area contributed by atoms with Crippen molar-refractivity contribution in [2.24, 2.45) is 0 Å². The molecule has 25 heavy (non-hydrogen) atoms. The Balaban J connectivity index is 1.77. The Morgan fingerprint density at radius 3 is 2.28 bits per heavy atom. The van der Waals surface area contributed by atoms with Gasteiger partial charge >= 0.3 is 0 Å². The van der Waals surface area contributed by atoms with Crippen LogP contribution in [0.25, 0.3) is 0 Å². The molecule has 0 unspecified atom stereocenters. The van der Waals surface area contributed by atoms with E-state index >= 15 is 0 Å². The van der Waals surface area contributed by atoms with Gasteiger partial charge in [-0.05, 0) is 31.9 Å². The number of ether oxygens (including phenoxy) is 2. The van der Waals surface area contributed by atoms with Crippen LogP contribution >= 0.6 is 0 Å². The standard InChI is InChI=1S/C18H28N2O4S/c1-16-2-4-18(5-3-16)25(21,22)20(17-6-12-23-13-7-17)9-8-19-10-14-24-15-11-19/h2-5,17H,6-15H2,1H3. The molecule has 2 saturated heterocycles. The Hall–Kier alpha value is -0.990. The zero-order valence-electron chi connectivity index (χ0n) is 14.9. The lowest BCUT2D eigenvalue weighted by molar-refractivity contribution is 0.0291. The largest absolute Gasteiger partial charge is 0.381 e. The number of nitrogens with zero attached hydrogens (tertiary/aromatic N) is 2. The molecular formula is C18H28N2O4S. The minimum absolute atomic E-state index is 0.0149. The third-order valence-electron chi connectivity index (χ3n) is 4.97. The molecule has 1 aromatic rings. The third kappa shape index (κ3) is 4.80. The number of aryl methyl sites for hydroxylation is 1. The Labute approximate surface area is 150 Å². The van der Waals surface area contributed by atoms with Crippen molar-refractivity contribution in [3.63, 3.8) is 0 Å². The minimum atomic E-state index is -3.50. The van der Waals surface area contributed by atoms with Crippen molar-refractivity contribution < 1.29 is 17.9 Å². The van der Waals surface area contributed by atoms with Crippen molar-refractivity contribution in [1.82, 2.24) is 9.21 Å². The highest BCUT2D eigenvalue weighted by Crippen LogP contribution is 2.24. The Morgan fingerprint density at radius 2 is 1.64 bits per heavy atom. The first-order valence-corrected chi connectivity index (χ1v) is 10.5. The second-order valence-electron chi connectivity index (χ2n) is 6.73. The Morgan fingerprint density at radius 1 is 1.04 bits per heavy atom. The van der Waals surface area contributed by atoms with Crippen LogP contribution in [0.1, 0.15) is 18.4 Å². The summed E-state index contributed by atoms with van der Waals surface area (Å²) in [5.74, 6) is 0. The maximum atomic E-state index is 13.3.